The van der Waals surface area contributed by atoms with Crippen molar-refractivity contribution in [2.75, 3.05) is 13.7 Å². The van der Waals surface area contributed by atoms with E-state index in [0.717, 1.165) is 0 Å². The number of ether oxygens (including phenoxy) is 1. The molecule has 2 amide bonds. The SMILES string of the molecule is CNC(=O)[C@@H](C)N(Cc1c(Cl)cccc1Cl)C(=O)COc1ccccc1F. The predicted molar refractivity (Wildman–Crippen MR) is 102 cm³/mol. The van der Waals surface area contributed by atoms with Crippen LogP contribution < -0.4 is 10.1 Å². The monoisotopic (exact) mass is 412 g/mol. The van der Waals surface area contributed by atoms with Gasteiger partial charge < -0.3 is 15.0 Å². The molecule has 0 aliphatic carbocycles. The van der Waals surface area contributed by atoms with Crippen LogP contribution in [-0.2, 0) is 16.1 Å². The molecule has 2 rings (SSSR count). The smallest absolute Gasteiger partial charge is 0.261 e. The highest BCUT2D eigenvalue weighted by molar-refractivity contribution is 6.36. The summed E-state index contributed by atoms with van der Waals surface area (Å²) in [5.74, 6) is -1.50. The lowest BCUT2D eigenvalue weighted by Gasteiger charge is -2.29. The van der Waals surface area contributed by atoms with Crippen molar-refractivity contribution >= 4 is 35.0 Å². The van der Waals surface area contributed by atoms with Gasteiger partial charge in [-0.15, -0.1) is 0 Å². The molecule has 0 unspecified atom stereocenters. The number of rotatable bonds is 7. The second-order valence-corrected chi connectivity index (χ2v) is 6.55. The Labute approximate surface area is 167 Å². The summed E-state index contributed by atoms with van der Waals surface area (Å²) in [6, 6.07) is 9.93. The van der Waals surface area contributed by atoms with Crippen LogP contribution in [0.1, 0.15) is 12.5 Å². The first-order valence-corrected chi connectivity index (χ1v) is 8.92. The molecule has 8 heteroatoms. The summed E-state index contributed by atoms with van der Waals surface area (Å²) in [5.41, 5.74) is 0.510. The van der Waals surface area contributed by atoms with Gasteiger partial charge in [0.1, 0.15) is 6.04 Å². The molecule has 2 aromatic rings. The van der Waals surface area contributed by atoms with E-state index in [-0.39, 0.29) is 18.2 Å². The minimum Gasteiger partial charge on any atom is -0.481 e. The lowest BCUT2D eigenvalue weighted by atomic mass is 10.1. The molecule has 0 aliphatic rings. The minimum absolute atomic E-state index is 0.00651. The van der Waals surface area contributed by atoms with Crippen molar-refractivity contribution in [3.8, 4) is 5.75 Å². The van der Waals surface area contributed by atoms with Crippen molar-refractivity contribution in [2.24, 2.45) is 0 Å². The number of para-hydroxylation sites is 1. The fourth-order valence-corrected chi connectivity index (χ4v) is 2.95. The van der Waals surface area contributed by atoms with Gasteiger partial charge in [0, 0.05) is 29.2 Å². The molecule has 1 atom stereocenters. The molecule has 5 nitrogen and oxygen atoms in total. The fraction of sp³-hybridized carbons (Fsp3) is 0.263. The van der Waals surface area contributed by atoms with Crippen molar-refractivity contribution in [1.29, 1.82) is 0 Å². The van der Waals surface area contributed by atoms with Crippen molar-refractivity contribution in [1.82, 2.24) is 10.2 Å². The van der Waals surface area contributed by atoms with Gasteiger partial charge in [-0.1, -0.05) is 41.4 Å². The van der Waals surface area contributed by atoms with Gasteiger partial charge in [-0.3, -0.25) is 9.59 Å². The molecule has 0 saturated carbocycles. The Balaban J connectivity index is 2.22. The third-order valence-electron chi connectivity index (χ3n) is 3.99. The van der Waals surface area contributed by atoms with Crippen LogP contribution in [0.15, 0.2) is 42.5 Å². The molecular weight excluding hydrogens is 394 g/mol. The number of likely N-dealkylation sites (N-methyl/N-ethyl adjacent to an activating group) is 1. The van der Waals surface area contributed by atoms with Gasteiger partial charge in [-0.2, -0.15) is 0 Å². The van der Waals surface area contributed by atoms with Crippen LogP contribution in [0.25, 0.3) is 0 Å². The molecule has 144 valence electrons. The summed E-state index contributed by atoms with van der Waals surface area (Å²) in [6.07, 6.45) is 0. The molecule has 1 N–H and O–H groups in total. The largest absolute Gasteiger partial charge is 0.481 e. The maximum Gasteiger partial charge on any atom is 0.261 e. The summed E-state index contributed by atoms with van der Waals surface area (Å²) in [6.45, 7) is 1.14. The molecule has 27 heavy (non-hydrogen) atoms. The lowest BCUT2D eigenvalue weighted by molar-refractivity contribution is -0.142. The Morgan fingerprint density at radius 1 is 1.15 bits per heavy atom. The molecule has 0 saturated heterocycles. The van der Waals surface area contributed by atoms with Crippen molar-refractivity contribution in [2.45, 2.75) is 19.5 Å². The molecule has 0 radical (unpaired) electrons. The Hall–Kier alpha value is -2.31. The van der Waals surface area contributed by atoms with E-state index in [1.807, 2.05) is 0 Å². The Bertz CT molecular complexity index is 812. The number of benzene rings is 2. The summed E-state index contributed by atoms with van der Waals surface area (Å²) in [5, 5.41) is 3.25. The van der Waals surface area contributed by atoms with Crippen molar-refractivity contribution < 1.29 is 18.7 Å². The molecular formula is C19H19Cl2FN2O3. The fourth-order valence-electron chi connectivity index (χ4n) is 2.43. The average Bonchev–Trinajstić information content (AvgIpc) is 2.65. The molecule has 2 aromatic carbocycles. The van der Waals surface area contributed by atoms with E-state index in [2.05, 4.69) is 5.32 Å². The average molecular weight is 413 g/mol. The zero-order valence-electron chi connectivity index (χ0n) is 14.8. The number of nitrogens with zero attached hydrogens (tertiary/aromatic N) is 1. The summed E-state index contributed by atoms with van der Waals surface area (Å²) in [7, 11) is 1.47. The Kier molecular flexibility index (Phi) is 7.45. The lowest BCUT2D eigenvalue weighted by Crippen LogP contribution is -2.48. The van der Waals surface area contributed by atoms with Gasteiger partial charge in [-0.05, 0) is 31.2 Å². The normalized spacial score (nSPS) is 11.6. The number of amides is 2. The highest BCUT2D eigenvalue weighted by Gasteiger charge is 2.27. The summed E-state index contributed by atoms with van der Waals surface area (Å²) < 4.78 is 19.0. The van der Waals surface area contributed by atoms with Crippen LogP contribution in [-0.4, -0.2) is 36.4 Å². The van der Waals surface area contributed by atoms with E-state index in [9.17, 15) is 14.0 Å². The number of halogens is 3. The zero-order chi connectivity index (χ0) is 20.0. The molecule has 0 bridgehead atoms. The van der Waals surface area contributed by atoms with Crippen LogP contribution in [0.4, 0.5) is 4.39 Å². The van der Waals surface area contributed by atoms with E-state index in [4.69, 9.17) is 27.9 Å². The van der Waals surface area contributed by atoms with Crippen LogP contribution >= 0.6 is 23.2 Å². The van der Waals surface area contributed by atoms with Crippen LogP contribution in [0, 0.1) is 5.82 Å². The van der Waals surface area contributed by atoms with Crippen LogP contribution in [0.5, 0.6) is 5.75 Å². The number of nitrogens with one attached hydrogen (secondary N) is 1. The standard InChI is InChI=1S/C19H19Cl2FN2O3/c1-12(19(26)23-2)24(10-13-14(20)6-5-7-15(13)21)18(25)11-27-17-9-4-3-8-16(17)22/h3-9,12H,10-11H2,1-2H3,(H,23,26)/t12-/m1/s1. The van der Waals surface area contributed by atoms with Gasteiger partial charge in [0.15, 0.2) is 18.2 Å². The Morgan fingerprint density at radius 3 is 2.37 bits per heavy atom. The maximum absolute atomic E-state index is 13.7. The number of carbonyl (C=O) groups is 2. The first-order valence-electron chi connectivity index (χ1n) is 8.16. The topological polar surface area (TPSA) is 58.6 Å². The second kappa shape index (κ2) is 9.58. The third kappa shape index (κ3) is 5.34. The Morgan fingerprint density at radius 2 is 1.78 bits per heavy atom. The van der Waals surface area contributed by atoms with Gasteiger partial charge >= 0.3 is 0 Å². The quantitative estimate of drug-likeness (QED) is 0.754. The highest BCUT2D eigenvalue weighted by Crippen LogP contribution is 2.26. The van der Waals surface area contributed by atoms with Crippen LogP contribution in [0.2, 0.25) is 10.0 Å². The number of carbonyl (C=O) groups excluding carboxylic acids is 2. The van der Waals surface area contributed by atoms with Crippen molar-refractivity contribution in [3.05, 3.63) is 63.9 Å². The van der Waals surface area contributed by atoms with Crippen molar-refractivity contribution in [3.63, 3.8) is 0 Å². The molecule has 0 fully saturated rings. The molecule has 0 aromatic heterocycles. The highest BCUT2D eigenvalue weighted by atomic mass is 35.5. The number of hydrogen-bond donors (Lipinski definition) is 1. The third-order valence-corrected chi connectivity index (χ3v) is 4.70. The van der Waals surface area contributed by atoms with Gasteiger partial charge in [0.25, 0.3) is 5.91 Å². The zero-order valence-corrected chi connectivity index (χ0v) is 16.4. The first kappa shape index (κ1) is 21.0. The molecule has 0 spiro atoms. The molecule has 0 heterocycles. The van der Waals surface area contributed by atoms with E-state index < -0.39 is 24.4 Å². The summed E-state index contributed by atoms with van der Waals surface area (Å²) >= 11 is 12.4. The summed E-state index contributed by atoms with van der Waals surface area (Å²) in [4.78, 5) is 26.1. The van der Waals surface area contributed by atoms with E-state index in [1.165, 1.54) is 30.1 Å². The second-order valence-electron chi connectivity index (χ2n) is 5.73. The molecule has 0 aliphatic heterocycles. The van der Waals surface area contributed by atoms with Gasteiger partial charge in [0.2, 0.25) is 5.91 Å². The van der Waals surface area contributed by atoms with E-state index in [0.29, 0.717) is 15.6 Å². The minimum atomic E-state index is -0.806. The van der Waals surface area contributed by atoms with E-state index in [1.54, 1.807) is 31.2 Å². The van der Waals surface area contributed by atoms with Gasteiger partial charge in [-0.25, -0.2) is 4.39 Å². The van der Waals surface area contributed by atoms with E-state index >= 15 is 0 Å². The predicted octanol–water partition coefficient (Wildman–Crippen LogP) is 3.67. The first-order chi connectivity index (χ1) is 12.8. The van der Waals surface area contributed by atoms with Gasteiger partial charge in [0.05, 0.1) is 0 Å². The number of hydrogen-bond acceptors (Lipinski definition) is 3. The maximum atomic E-state index is 13.7. The van der Waals surface area contributed by atoms with Crippen LogP contribution in [0.3, 0.4) is 0 Å².